The number of benzene rings is 2. The molecule has 0 spiro atoms. The normalized spacial score (nSPS) is 17.2. The molecule has 37 heavy (non-hydrogen) atoms. The fourth-order valence-corrected chi connectivity index (χ4v) is 6.39. The van der Waals surface area contributed by atoms with E-state index in [9.17, 15) is 36.6 Å². The Morgan fingerprint density at radius 1 is 0.757 bits per heavy atom. The molecular formula is C23H24N2O10S2. The zero-order valence-electron chi connectivity index (χ0n) is 20.2. The lowest BCUT2D eigenvalue weighted by Gasteiger charge is -2.27. The van der Waals surface area contributed by atoms with Gasteiger partial charge in [-0.05, 0) is 31.2 Å². The monoisotopic (exact) mass is 552 g/mol. The van der Waals surface area contributed by atoms with Crippen LogP contribution in [0, 0.1) is 0 Å². The van der Waals surface area contributed by atoms with Gasteiger partial charge in [-0.2, -0.15) is 0 Å². The molecule has 12 nitrogen and oxygen atoms in total. The maximum atomic E-state index is 12.2. The van der Waals surface area contributed by atoms with E-state index in [1.165, 1.54) is 38.4 Å². The molecule has 0 atom stereocenters. The first kappa shape index (κ1) is 27.5. The second-order valence-electron chi connectivity index (χ2n) is 7.54. The Kier molecular flexibility index (Phi) is 7.55. The van der Waals surface area contributed by atoms with E-state index < -0.39 is 49.2 Å². The summed E-state index contributed by atoms with van der Waals surface area (Å²) < 4.78 is 59.5. The van der Waals surface area contributed by atoms with Gasteiger partial charge in [0, 0.05) is 25.2 Å². The fraction of sp³-hybridized carbons (Fsp3) is 0.217. The number of hydrogen-bond donors (Lipinski definition) is 2. The Labute approximate surface area is 213 Å². The van der Waals surface area contributed by atoms with Crippen LogP contribution in [0.3, 0.4) is 0 Å². The Hall–Kier alpha value is -4.04. The molecule has 2 aromatic carbocycles. The van der Waals surface area contributed by atoms with E-state index in [-0.39, 0.29) is 33.2 Å². The number of ether oxygens (including phenoxy) is 2. The molecule has 198 valence electrons. The number of sulfonamides is 2. The van der Waals surface area contributed by atoms with Gasteiger partial charge in [-0.1, -0.05) is 24.3 Å². The highest BCUT2D eigenvalue weighted by Gasteiger charge is 2.39. The van der Waals surface area contributed by atoms with E-state index in [1.54, 1.807) is 31.2 Å². The zero-order valence-corrected chi connectivity index (χ0v) is 21.8. The first-order chi connectivity index (χ1) is 17.3. The minimum atomic E-state index is -3.85. The van der Waals surface area contributed by atoms with Crippen LogP contribution in [0.25, 0.3) is 11.5 Å². The van der Waals surface area contributed by atoms with Crippen LogP contribution in [0.1, 0.15) is 18.1 Å². The van der Waals surface area contributed by atoms with Crippen molar-refractivity contribution in [2.24, 2.45) is 0 Å². The maximum Gasteiger partial charge on any atom is 0.359 e. The summed E-state index contributed by atoms with van der Waals surface area (Å²) in [6, 6.07) is 11.9. The number of fused-ring (bicyclic) bond motifs is 2. The van der Waals surface area contributed by atoms with E-state index in [0.29, 0.717) is 0 Å². The van der Waals surface area contributed by atoms with Crippen LogP contribution < -0.4 is 0 Å². The summed E-state index contributed by atoms with van der Waals surface area (Å²) in [6.07, 6.45) is 0. The van der Waals surface area contributed by atoms with Gasteiger partial charge in [0.05, 0.1) is 23.5 Å². The van der Waals surface area contributed by atoms with Crippen molar-refractivity contribution in [2.45, 2.75) is 16.7 Å². The fourth-order valence-electron chi connectivity index (χ4n) is 3.61. The number of aliphatic hydroxyl groups excluding tert-OH is 2. The summed E-state index contributed by atoms with van der Waals surface area (Å²) in [5, 5.41) is 20.1. The third kappa shape index (κ3) is 4.60. The summed E-state index contributed by atoms with van der Waals surface area (Å²) in [6.45, 7) is 1.69. The minimum absolute atomic E-state index is 0.0388. The number of carbonyl (C=O) groups is 2. The molecule has 2 aromatic rings. The van der Waals surface area contributed by atoms with E-state index in [2.05, 4.69) is 4.74 Å². The highest BCUT2D eigenvalue weighted by Crippen LogP contribution is 2.35. The number of nitrogens with zero attached hydrogens (tertiary/aromatic N) is 2. The molecule has 4 rings (SSSR count). The number of rotatable bonds is 3. The third-order valence-corrected chi connectivity index (χ3v) is 9.12. The molecule has 0 unspecified atom stereocenters. The van der Waals surface area contributed by atoms with Gasteiger partial charge in [0.25, 0.3) is 20.0 Å². The summed E-state index contributed by atoms with van der Waals surface area (Å²) >= 11 is 0. The number of esters is 2. The molecule has 2 aliphatic heterocycles. The van der Waals surface area contributed by atoms with Crippen LogP contribution in [-0.2, 0) is 39.1 Å². The van der Waals surface area contributed by atoms with Crippen LogP contribution in [0.15, 0.2) is 69.7 Å². The van der Waals surface area contributed by atoms with Crippen molar-refractivity contribution in [3.63, 3.8) is 0 Å². The predicted octanol–water partition coefficient (Wildman–Crippen LogP) is 1.83. The maximum absolute atomic E-state index is 12.2. The second-order valence-corrected chi connectivity index (χ2v) is 11.4. The predicted molar refractivity (Wildman–Crippen MR) is 131 cm³/mol. The lowest BCUT2D eigenvalue weighted by atomic mass is 10.1. The molecule has 14 heteroatoms. The molecule has 0 radical (unpaired) electrons. The second kappa shape index (κ2) is 10.1. The van der Waals surface area contributed by atoms with Crippen LogP contribution >= 0.6 is 0 Å². The molecule has 2 heterocycles. The van der Waals surface area contributed by atoms with E-state index in [0.717, 1.165) is 15.7 Å². The smallest absolute Gasteiger partial charge is 0.359 e. The van der Waals surface area contributed by atoms with Gasteiger partial charge in [-0.3, -0.25) is 8.61 Å². The summed E-state index contributed by atoms with van der Waals surface area (Å²) in [4.78, 5) is 23.2. The van der Waals surface area contributed by atoms with Crippen LogP contribution in [0.5, 0.6) is 0 Å². The van der Waals surface area contributed by atoms with Gasteiger partial charge in [0.1, 0.15) is 0 Å². The van der Waals surface area contributed by atoms with Crippen molar-refractivity contribution in [3.05, 3.63) is 71.1 Å². The minimum Gasteiger partial charge on any atom is -0.505 e. The Balaban J connectivity index is 0.000000206. The standard InChI is InChI=1S/C12H13NO5S.C11H11NO5S/c1-3-18-12(15)10-11(14)8-6-4-5-7-9(8)19(16,17)13(10)2;1-12-9(11(14)17-2)10(13)7-5-3-4-6-8(7)18(12,15)16/h4-7,14H,3H2,1-2H3;3-6,13H,1-2H3. The average molecular weight is 553 g/mol. The first-order valence-electron chi connectivity index (χ1n) is 10.6. The van der Waals surface area contributed by atoms with Gasteiger partial charge < -0.3 is 19.7 Å². The Bertz CT molecular complexity index is 1540. The van der Waals surface area contributed by atoms with Crippen molar-refractivity contribution < 1.29 is 46.1 Å². The lowest BCUT2D eigenvalue weighted by molar-refractivity contribution is -0.139. The molecule has 0 aromatic heterocycles. The highest BCUT2D eigenvalue weighted by atomic mass is 32.2. The summed E-state index contributed by atoms with van der Waals surface area (Å²) in [7, 11) is -4.19. The van der Waals surface area contributed by atoms with Crippen molar-refractivity contribution in [1.82, 2.24) is 8.61 Å². The summed E-state index contributed by atoms with van der Waals surface area (Å²) in [5.74, 6) is -2.59. The zero-order chi connectivity index (χ0) is 27.7. The van der Waals surface area contributed by atoms with Gasteiger partial charge in [0.2, 0.25) is 0 Å². The molecule has 0 saturated carbocycles. The molecule has 0 bridgehead atoms. The first-order valence-corrected chi connectivity index (χ1v) is 13.5. The van der Waals surface area contributed by atoms with E-state index in [1.807, 2.05) is 0 Å². The molecule has 2 aliphatic rings. The molecule has 0 aliphatic carbocycles. The Morgan fingerprint density at radius 2 is 1.14 bits per heavy atom. The molecule has 0 amide bonds. The number of aliphatic hydroxyl groups is 2. The quantitative estimate of drug-likeness (QED) is 0.536. The van der Waals surface area contributed by atoms with Crippen molar-refractivity contribution in [1.29, 1.82) is 0 Å². The third-order valence-electron chi connectivity index (χ3n) is 5.49. The molecule has 2 N–H and O–H groups in total. The van der Waals surface area contributed by atoms with Gasteiger partial charge in [0.15, 0.2) is 22.9 Å². The van der Waals surface area contributed by atoms with Crippen molar-refractivity contribution >= 4 is 43.5 Å². The van der Waals surface area contributed by atoms with Crippen LogP contribution in [-0.4, -0.2) is 75.4 Å². The van der Waals surface area contributed by atoms with Gasteiger partial charge in [-0.25, -0.2) is 26.4 Å². The van der Waals surface area contributed by atoms with Crippen molar-refractivity contribution in [3.8, 4) is 0 Å². The topological polar surface area (TPSA) is 168 Å². The summed E-state index contributed by atoms with van der Waals surface area (Å²) in [5.41, 5.74) is -0.573. The van der Waals surface area contributed by atoms with E-state index >= 15 is 0 Å². The van der Waals surface area contributed by atoms with E-state index in [4.69, 9.17) is 4.74 Å². The SMILES string of the molecule is CCOC(=O)C1=C(O)c2ccccc2S(=O)(=O)N1C.COC(=O)C1=C(O)c2ccccc2S(=O)(=O)N1C. The number of hydrogen-bond acceptors (Lipinski definition) is 10. The van der Waals surface area contributed by atoms with Gasteiger partial charge in [-0.15, -0.1) is 0 Å². The van der Waals surface area contributed by atoms with Crippen LogP contribution in [0.4, 0.5) is 0 Å². The lowest BCUT2D eigenvalue weighted by Crippen LogP contribution is -2.35. The number of methoxy groups -OCH3 is 1. The average Bonchev–Trinajstić information content (AvgIpc) is 2.87. The highest BCUT2D eigenvalue weighted by molar-refractivity contribution is 7.89. The molecular weight excluding hydrogens is 528 g/mol. The Morgan fingerprint density at radius 3 is 1.51 bits per heavy atom. The number of carbonyl (C=O) groups excluding carboxylic acids is 2. The largest absolute Gasteiger partial charge is 0.505 e. The van der Waals surface area contributed by atoms with Crippen molar-refractivity contribution in [2.75, 3.05) is 27.8 Å². The molecule has 0 fully saturated rings. The van der Waals surface area contributed by atoms with Gasteiger partial charge >= 0.3 is 11.9 Å². The van der Waals surface area contributed by atoms with Crippen LogP contribution in [0.2, 0.25) is 0 Å². The number of likely N-dealkylation sites (N-methyl/N-ethyl adjacent to an activating group) is 2. The molecule has 0 saturated heterocycles.